The molecule has 0 saturated heterocycles. The number of rotatable bonds is 9. The molecule has 3 rings (SSSR count). The largest absolute Gasteiger partial charge is 0.503 e. The zero-order valence-corrected chi connectivity index (χ0v) is 17.6. The summed E-state index contributed by atoms with van der Waals surface area (Å²) in [6.45, 7) is -0.0832. The van der Waals surface area contributed by atoms with Crippen LogP contribution in [0.15, 0.2) is 73.0 Å². The van der Waals surface area contributed by atoms with Crippen LogP contribution in [0.2, 0.25) is 0 Å². The van der Waals surface area contributed by atoms with E-state index in [0.717, 1.165) is 11.6 Å². The van der Waals surface area contributed by atoms with Crippen molar-refractivity contribution in [2.75, 3.05) is 14.2 Å². The minimum absolute atomic E-state index is 0.00523. The zero-order chi connectivity index (χ0) is 22.9. The van der Waals surface area contributed by atoms with E-state index in [2.05, 4.69) is 0 Å². The van der Waals surface area contributed by atoms with Crippen molar-refractivity contribution in [3.8, 4) is 11.5 Å². The van der Waals surface area contributed by atoms with Gasteiger partial charge in [-0.15, -0.1) is 0 Å². The van der Waals surface area contributed by atoms with Gasteiger partial charge in [0.15, 0.2) is 17.3 Å². The monoisotopic (exact) mass is 440 g/mol. The van der Waals surface area contributed by atoms with Crippen molar-refractivity contribution in [2.24, 2.45) is 0 Å². The molecule has 0 atom stereocenters. The molecular formula is C25H22F2O5. The van der Waals surface area contributed by atoms with Gasteiger partial charge in [0, 0.05) is 0 Å². The Morgan fingerprint density at radius 3 is 2.31 bits per heavy atom. The number of esters is 1. The van der Waals surface area contributed by atoms with E-state index in [1.807, 2.05) is 18.2 Å². The molecule has 0 aromatic heterocycles. The van der Waals surface area contributed by atoms with Crippen LogP contribution in [0.4, 0.5) is 8.78 Å². The Kier molecular flexibility index (Phi) is 7.80. The summed E-state index contributed by atoms with van der Waals surface area (Å²) < 4.78 is 49.9. The smallest absolute Gasteiger partial charge is 0.341 e. The number of benzene rings is 3. The summed E-state index contributed by atoms with van der Waals surface area (Å²) in [6.07, 6.45) is 1.26. The average Bonchev–Trinajstić information content (AvgIpc) is 2.82. The quantitative estimate of drug-likeness (QED) is 0.257. The summed E-state index contributed by atoms with van der Waals surface area (Å²) in [5.74, 6) is -3.07. The first-order valence-corrected chi connectivity index (χ1v) is 9.72. The SMILES string of the molecule is CO/C=C(/C(=O)OC)c1ccccc1COc1ccc(F)c(OCc2ccccc2)c1F. The van der Waals surface area contributed by atoms with Crippen LogP contribution < -0.4 is 9.47 Å². The molecule has 3 aromatic carbocycles. The molecule has 0 saturated carbocycles. The third kappa shape index (κ3) is 5.43. The Labute approximate surface area is 184 Å². The molecule has 3 aromatic rings. The molecule has 0 amide bonds. The summed E-state index contributed by atoms with van der Waals surface area (Å²) in [5, 5.41) is 0. The van der Waals surface area contributed by atoms with Crippen molar-refractivity contribution < 1.29 is 32.5 Å². The molecule has 0 aliphatic carbocycles. The number of carbonyl (C=O) groups is 1. The standard InChI is InChI=1S/C25H22F2O5/c1-29-16-20(25(28)30-2)19-11-7-6-10-18(19)15-31-22-13-12-21(26)24(23(22)27)32-14-17-8-4-3-5-9-17/h3-13,16H,14-15H2,1-2H3/b20-16+. The summed E-state index contributed by atoms with van der Waals surface area (Å²) in [5.41, 5.74) is 2.04. The number of methoxy groups -OCH3 is 2. The summed E-state index contributed by atoms with van der Waals surface area (Å²) in [7, 11) is 2.67. The number of hydrogen-bond donors (Lipinski definition) is 0. The maximum atomic E-state index is 14.9. The van der Waals surface area contributed by atoms with Crippen LogP contribution in [0, 0.1) is 11.6 Å². The predicted molar refractivity (Wildman–Crippen MR) is 115 cm³/mol. The van der Waals surface area contributed by atoms with E-state index < -0.39 is 23.4 Å². The van der Waals surface area contributed by atoms with Crippen molar-refractivity contribution in [2.45, 2.75) is 13.2 Å². The molecule has 7 heteroatoms. The number of ether oxygens (including phenoxy) is 4. The molecular weight excluding hydrogens is 418 g/mol. The highest BCUT2D eigenvalue weighted by Gasteiger charge is 2.19. The van der Waals surface area contributed by atoms with E-state index in [9.17, 15) is 13.6 Å². The fourth-order valence-electron chi connectivity index (χ4n) is 3.00. The lowest BCUT2D eigenvalue weighted by atomic mass is 10.0. The summed E-state index contributed by atoms with van der Waals surface area (Å²) in [6, 6.07) is 18.2. The van der Waals surface area contributed by atoms with Gasteiger partial charge in [-0.05, 0) is 28.8 Å². The minimum atomic E-state index is -0.945. The van der Waals surface area contributed by atoms with Crippen molar-refractivity contribution in [1.82, 2.24) is 0 Å². The van der Waals surface area contributed by atoms with E-state index in [-0.39, 0.29) is 24.5 Å². The van der Waals surface area contributed by atoms with Gasteiger partial charge in [0.05, 0.1) is 20.5 Å². The molecule has 32 heavy (non-hydrogen) atoms. The molecule has 0 aliphatic heterocycles. The Hall–Kier alpha value is -3.87. The Balaban J connectivity index is 1.81. The molecule has 0 aliphatic rings. The second kappa shape index (κ2) is 10.9. The maximum absolute atomic E-state index is 14.9. The molecule has 0 heterocycles. The fourth-order valence-corrected chi connectivity index (χ4v) is 3.00. The summed E-state index contributed by atoms with van der Waals surface area (Å²) >= 11 is 0. The van der Waals surface area contributed by atoms with Crippen LogP contribution in [0.5, 0.6) is 11.5 Å². The van der Waals surface area contributed by atoms with E-state index >= 15 is 0 Å². The average molecular weight is 440 g/mol. The first kappa shape index (κ1) is 22.8. The van der Waals surface area contributed by atoms with Gasteiger partial charge in [-0.1, -0.05) is 54.6 Å². The highest BCUT2D eigenvalue weighted by molar-refractivity contribution is 6.16. The van der Waals surface area contributed by atoms with Crippen molar-refractivity contribution in [3.05, 3.63) is 101 Å². The lowest BCUT2D eigenvalue weighted by Crippen LogP contribution is -2.09. The molecule has 0 bridgehead atoms. The molecule has 5 nitrogen and oxygen atoms in total. The van der Waals surface area contributed by atoms with Gasteiger partial charge in [0.2, 0.25) is 5.82 Å². The normalized spacial score (nSPS) is 11.1. The molecule has 0 radical (unpaired) electrons. The number of carbonyl (C=O) groups excluding carboxylic acids is 1. The van der Waals surface area contributed by atoms with Crippen LogP contribution in [0.25, 0.3) is 5.57 Å². The molecule has 0 fully saturated rings. The van der Waals surface area contributed by atoms with Gasteiger partial charge >= 0.3 is 5.97 Å². The first-order valence-electron chi connectivity index (χ1n) is 9.72. The molecule has 0 N–H and O–H groups in total. The topological polar surface area (TPSA) is 54.0 Å². The van der Waals surface area contributed by atoms with Crippen LogP contribution >= 0.6 is 0 Å². The molecule has 0 spiro atoms. The second-order valence-electron chi connectivity index (χ2n) is 6.67. The van der Waals surface area contributed by atoms with Crippen molar-refractivity contribution in [1.29, 1.82) is 0 Å². The first-order chi connectivity index (χ1) is 15.5. The zero-order valence-electron chi connectivity index (χ0n) is 17.6. The van der Waals surface area contributed by atoms with E-state index in [1.54, 1.807) is 36.4 Å². The third-order valence-corrected chi connectivity index (χ3v) is 4.57. The van der Waals surface area contributed by atoms with Crippen LogP contribution in [-0.4, -0.2) is 20.2 Å². The van der Waals surface area contributed by atoms with Crippen molar-refractivity contribution >= 4 is 11.5 Å². The van der Waals surface area contributed by atoms with E-state index in [4.69, 9.17) is 18.9 Å². The van der Waals surface area contributed by atoms with Crippen LogP contribution in [-0.2, 0) is 27.5 Å². The molecule has 0 unspecified atom stereocenters. The van der Waals surface area contributed by atoms with Gasteiger partial charge in [-0.25, -0.2) is 9.18 Å². The number of halogens is 2. The highest BCUT2D eigenvalue weighted by atomic mass is 19.1. The van der Waals surface area contributed by atoms with Gasteiger partial charge in [-0.3, -0.25) is 0 Å². The Morgan fingerprint density at radius 1 is 0.875 bits per heavy atom. The van der Waals surface area contributed by atoms with Gasteiger partial charge in [-0.2, -0.15) is 4.39 Å². The maximum Gasteiger partial charge on any atom is 0.341 e. The predicted octanol–water partition coefficient (Wildman–Crippen LogP) is 5.28. The van der Waals surface area contributed by atoms with E-state index in [0.29, 0.717) is 11.1 Å². The number of hydrogen-bond acceptors (Lipinski definition) is 5. The Bertz CT molecular complexity index is 1100. The highest BCUT2D eigenvalue weighted by Crippen LogP contribution is 2.31. The lowest BCUT2D eigenvalue weighted by molar-refractivity contribution is -0.133. The van der Waals surface area contributed by atoms with Gasteiger partial charge in [0.1, 0.15) is 18.8 Å². The Morgan fingerprint density at radius 2 is 1.59 bits per heavy atom. The minimum Gasteiger partial charge on any atom is -0.503 e. The van der Waals surface area contributed by atoms with Crippen molar-refractivity contribution in [3.63, 3.8) is 0 Å². The summed E-state index contributed by atoms with van der Waals surface area (Å²) in [4.78, 5) is 12.1. The van der Waals surface area contributed by atoms with Crippen LogP contribution in [0.3, 0.4) is 0 Å². The van der Waals surface area contributed by atoms with Crippen LogP contribution in [0.1, 0.15) is 16.7 Å². The van der Waals surface area contributed by atoms with Gasteiger partial charge < -0.3 is 18.9 Å². The van der Waals surface area contributed by atoms with Gasteiger partial charge in [0.25, 0.3) is 0 Å². The fraction of sp³-hybridized carbons (Fsp3) is 0.160. The second-order valence-corrected chi connectivity index (χ2v) is 6.67. The molecule has 166 valence electrons. The third-order valence-electron chi connectivity index (χ3n) is 4.57. The lowest BCUT2D eigenvalue weighted by Gasteiger charge is -2.15. The van der Waals surface area contributed by atoms with E-state index in [1.165, 1.54) is 26.5 Å².